The van der Waals surface area contributed by atoms with E-state index < -0.39 is 125 Å². The SMILES string of the molecule is CCC1=CC(C2C=C(Cc3ccc[nH]3)C3(Oc4cc5oc(-c6cc(O)c(O)c(CCO)c6)cc(=O)c5c(O)c42)OC2(CC#CC4(C(=O)O)OC(OC2=O)C(O)C(O)C4O)C(O)C(O)C3O)=CNC1N. The first-order valence-corrected chi connectivity index (χ1v) is 21.7. The number of carbonyl (C=O) groups is 2. The van der Waals surface area contributed by atoms with Crippen LogP contribution >= 0.6 is 0 Å². The predicted octanol–water partition coefficient (Wildman–Crippen LogP) is -1.05. The molecule has 2 aromatic carbocycles. The number of aromatic amines is 1. The van der Waals surface area contributed by atoms with Crippen molar-refractivity contribution in [1.82, 2.24) is 10.3 Å². The van der Waals surface area contributed by atoms with E-state index in [0.717, 1.165) is 18.2 Å². The van der Waals surface area contributed by atoms with E-state index in [1.165, 1.54) is 12.1 Å². The second-order valence-corrected chi connectivity index (χ2v) is 17.3. The minimum Gasteiger partial charge on any atom is -0.507 e. The van der Waals surface area contributed by atoms with Gasteiger partial charge in [-0.05, 0) is 48.3 Å². The van der Waals surface area contributed by atoms with E-state index >= 15 is 0 Å². The van der Waals surface area contributed by atoms with Gasteiger partial charge in [-0.3, -0.25) is 4.79 Å². The number of aliphatic hydroxyl groups is 7. The lowest BCUT2D eigenvalue weighted by Crippen LogP contribution is -2.75. The number of phenols is 3. The molecule has 2 saturated heterocycles. The molecule has 0 aliphatic carbocycles. The molecule has 5 aliphatic rings. The minimum atomic E-state index is -3.02. The number of aliphatic carboxylic acids is 1. The van der Waals surface area contributed by atoms with Crippen LogP contribution in [0.2, 0.25) is 0 Å². The van der Waals surface area contributed by atoms with Crippen LogP contribution in [0.25, 0.3) is 22.3 Å². The molecule has 364 valence electrons. The fourth-order valence-corrected chi connectivity index (χ4v) is 9.48. The van der Waals surface area contributed by atoms with Crippen molar-refractivity contribution >= 4 is 22.9 Å². The highest BCUT2D eigenvalue weighted by Crippen LogP contribution is 2.54. The molecule has 0 amide bonds. The number of phenolic OH excluding ortho intramolecular Hbond substituents is 3. The number of carboxylic acid groups (broad SMARTS) is 1. The number of rotatable bonds is 8. The van der Waals surface area contributed by atoms with Gasteiger partial charge in [0.15, 0.2) is 23.0 Å². The molecule has 0 radical (unpaired) electrons. The number of esters is 1. The van der Waals surface area contributed by atoms with Crippen LogP contribution in [-0.2, 0) is 36.6 Å². The van der Waals surface area contributed by atoms with Crippen LogP contribution in [0, 0.1) is 11.8 Å². The van der Waals surface area contributed by atoms with Crippen LogP contribution in [-0.4, -0.2) is 146 Å². The Bertz CT molecular complexity index is 2970. The third-order valence-electron chi connectivity index (χ3n) is 13.2. The number of aliphatic hydroxyl groups excluding tert-OH is 7. The normalized spacial score (nSPS) is 32.9. The van der Waals surface area contributed by atoms with Crippen LogP contribution in [0.3, 0.4) is 0 Å². The average molecular weight is 958 g/mol. The van der Waals surface area contributed by atoms with Crippen molar-refractivity contribution in [2.24, 2.45) is 5.73 Å². The number of benzene rings is 2. The summed E-state index contributed by atoms with van der Waals surface area (Å²) in [6.07, 6.45) is -12.1. The monoisotopic (exact) mass is 957 g/mol. The molecule has 2 bridgehead atoms. The van der Waals surface area contributed by atoms with Gasteiger partial charge in [0, 0.05) is 71.4 Å². The fraction of sp³-hybridized carbons (Fsp3) is 0.383. The molecule has 2 fully saturated rings. The maximum atomic E-state index is 14.7. The Hall–Kier alpha value is -6.75. The summed E-state index contributed by atoms with van der Waals surface area (Å²) >= 11 is 0. The zero-order valence-corrected chi connectivity index (χ0v) is 36.3. The molecule has 5 aliphatic heterocycles. The topological polar surface area (TPSA) is 378 Å². The summed E-state index contributed by atoms with van der Waals surface area (Å²) in [5, 5.41) is 125. The number of ether oxygens (including phenoxy) is 4. The smallest absolute Gasteiger partial charge is 0.351 e. The summed E-state index contributed by atoms with van der Waals surface area (Å²) in [7, 11) is 0. The van der Waals surface area contributed by atoms with Crippen LogP contribution in [0.4, 0.5) is 0 Å². The number of nitrogens with two attached hydrogens (primary N) is 1. The van der Waals surface area contributed by atoms with Crippen molar-refractivity contribution in [3.63, 3.8) is 0 Å². The molecule has 12 unspecified atom stereocenters. The van der Waals surface area contributed by atoms with Crippen molar-refractivity contribution in [3.8, 4) is 46.2 Å². The van der Waals surface area contributed by atoms with Gasteiger partial charge in [0.05, 0.1) is 12.6 Å². The highest BCUT2D eigenvalue weighted by molar-refractivity contribution is 5.90. The maximum Gasteiger partial charge on any atom is 0.351 e. The molecule has 0 saturated carbocycles. The maximum absolute atomic E-state index is 14.7. The van der Waals surface area contributed by atoms with E-state index in [-0.39, 0.29) is 51.8 Å². The number of aromatic hydroxyl groups is 3. The lowest BCUT2D eigenvalue weighted by molar-refractivity contribution is -0.354. The van der Waals surface area contributed by atoms with Crippen molar-refractivity contribution < 1.29 is 89.1 Å². The number of dihydropyridines is 1. The van der Waals surface area contributed by atoms with Crippen molar-refractivity contribution in [2.45, 2.75) is 105 Å². The van der Waals surface area contributed by atoms with Gasteiger partial charge in [0.1, 0.15) is 58.7 Å². The Morgan fingerprint density at radius 3 is 2.43 bits per heavy atom. The van der Waals surface area contributed by atoms with Gasteiger partial charge in [-0.1, -0.05) is 30.9 Å². The fourth-order valence-electron chi connectivity index (χ4n) is 9.48. The number of carbonyl (C=O) groups excluding carboxylic acids is 1. The van der Waals surface area contributed by atoms with Crippen molar-refractivity contribution in [3.05, 3.63) is 105 Å². The van der Waals surface area contributed by atoms with Crippen LogP contribution in [0.15, 0.2) is 86.9 Å². The van der Waals surface area contributed by atoms with Gasteiger partial charge in [0.25, 0.3) is 11.4 Å². The van der Waals surface area contributed by atoms with E-state index in [9.17, 15) is 70.6 Å². The molecule has 9 rings (SSSR count). The van der Waals surface area contributed by atoms with E-state index in [1.807, 2.05) is 6.92 Å². The summed E-state index contributed by atoms with van der Waals surface area (Å²) in [4.78, 5) is 44.6. The van der Waals surface area contributed by atoms with Crippen LogP contribution < -0.4 is 21.2 Å². The number of hydrogen-bond donors (Lipinski definition) is 14. The van der Waals surface area contributed by atoms with Gasteiger partial charge in [-0.2, -0.15) is 0 Å². The van der Waals surface area contributed by atoms with E-state index in [2.05, 4.69) is 22.1 Å². The average Bonchev–Trinajstić information content (AvgIpc) is 3.81. The summed E-state index contributed by atoms with van der Waals surface area (Å²) in [5.74, 6) is -5.61. The van der Waals surface area contributed by atoms with Gasteiger partial charge >= 0.3 is 11.9 Å². The Morgan fingerprint density at radius 2 is 1.74 bits per heavy atom. The van der Waals surface area contributed by atoms with E-state index in [0.29, 0.717) is 23.3 Å². The minimum absolute atomic E-state index is 0.0626. The standard InChI is InChI=1S/C47H47N3O19/c1-2-19-11-22(18-50-41(19)48)25-15-23(14-24-5-3-9-49-24)47(67-30-17-29-32(34(55)31(25)30)26(52)16-28(65-29)21-12-20(6-10-51)33(54)27(53)13-21)40(61)37(58)39(60)46(69-47)8-4-7-45(43(62)63)38(59)35(56)36(57)42(68-45)66-44(46)64/h3,5,9,11-13,15-18,25,35-42,49-51,53-61H,2,6,8,10,14,48H2,1H3,(H,62,63). The zero-order chi connectivity index (χ0) is 49.5. The van der Waals surface area contributed by atoms with Crippen molar-refractivity contribution in [1.29, 1.82) is 0 Å². The van der Waals surface area contributed by atoms with Gasteiger partial charge < -0.3 is 95.6 Å². The van der Waals surface area contributed by atoms with Crippen molar-refractivity contribution in [2.75, 3.05) is 6.61 Å². The number of aromatic nitrogens is 1. The Morgan fingerprint density at radius 1 is 0.971 bits per heavy atom. The summed E-state index contributed by atoms with van der Waals surface area (Å²) in [6.45, 7) is 1.44. The number of allylic oxidation sites excluding steroid dienone is 3. The number of fused-ring (bicyclic) bond motifs is 4. The lowest BCUT2D eigenvalue weighted by Gasteiger charge is -2.53. The van der Waals surface area contributed by atoms with Gasteiger partial charge in [-0.15, -0.1) is 0 Å². The molecular formula is C47H47N3O19. The summed E-state index contributed by atoms with van der Waals surface area (Å²) < 4.78 is 30.4. The van der Waals surface area contributed by atoms with Crippen LogP contribution in [0.5, 0.6) is 23.0 Å². The summed E-state index contributed by atoms with van der Waals surface area (Å²) in [6, 6.07) is 7.92. The Labute approximate surface area is 389 Å². The second kappa shape index (κ2) is 17.3. The Balaban J connectivity index is 1.31. The lowest BCUT2D eigenvalue weighted by atomic mass is 9.77. The first-order valence-electron chi connectivity index (χ1n) is 21.7. The van der Waals surface area contributed by atoms with Crippen LogP contribution in [0.1, 0.15) is 42.5 Å². The molecule has 4 aromatic rings. The van der Waals surface area contributed by atoms with Gasteiger partial charge in [-0.25, -0.2) is 9.59 Å². The molecule has 22 nitrogen and oxygen atoms in total. The molecule has 12 atom stereocenters. The van der Waals surface area contributed by atoms with E-state index in [4.69, 9.17) is 29.1 Å². The van der Waals surface area contributed by atoms with Gasteiger partial charge in [0.2, 0.25) is 11.9 Å². The Kier molecular flexibility index (Phi) is 11.9. The quantitative estimate of drug-likeness (QED) is 0.0434. The third kappa shape index (κ3) is 7.42. The predicted molar refractivity (Wildman–Crippen MR) is 234 cm³/mol. The highest BCUT2D eigenvalue weighted by Gasteiger charge is 2.69. The molecule has 2 aromatic heterocycles. The first kappa shape index (κ1) is 47.3. The molecule has 15 N–H and O–H groups in total. The first-order chi connectivity index (χ1) is 32.8. The largest absolute Gasteiger partial charge is 0.507 e. The highest BCUT2D eigenvalue weighted by atomic mass is 16.8. The molecule has 2 spiro atoms. The molecular weight excluding hydrogens is 911 g/mol. The number of nitrogens with one attached hydrogen (secondary N) is 2. The molecule has 69 heavy (non-hydrogen) atoms. The molecule has 22 heteroatoms. The summed E-state index contributed by atoms with van der Waals surface area (Å²) in [5.41, 5.74) is 0.576. The van der Waals surface area contributed by atoms with E-state index in [1.54, 1.807) is 30.6 Å². The zero-order valence-electron chi connectivity index (χ0n) is 36.3. The number of H-pyrrole nitrogens is 1. The third-order valence-corrected chi connectivity index (χ3v) is 13.2. The second-order valence-electron chi connectivity index (χ2n) is 17.3. The molecule has 7 heterocycles. The number of hydrogen-bond acceptors (Lipinski definition) is 20. The number of carboxylic acids is 1.